The van der Waals surface area contributed by atoms with E-state index in [1.54, 1.807) is 14.2 Å². The van der Waals surface area contributed by atoms with E-state index in [1.807, 2.05) is 6.07 Å². The number of fused-ring (bicyclic) bond motifs is 1. The highest BCUT2D eigenvalue weighted by atomic mass is 16.5. The first kappa shape index (κ1) is 8.57. The first-order chi connectivity index (χ1) is 6.35. The highest BCUT2D eigenvalue weighted by molar-refractivity contribution is 5.40. The van der Waals surface area contributed by atoms with Gasteiger partial charge in [0.15, 0.2) is 0 Å². The highest BCUT2D eigenvalue weighted by Gasteiger charge is 2.22. The van der Waals surface area contributed by atoms with Crippen LogP contribution in [-0.2, 0) is 11.2 Å². The molecule has 70 valence electrons. The number of hydrogen-bond donors (Lipinski definition) is 0. The summed E-state index contributed by atoms with van der Waals surface area (Å²) in [4.78, 5) is 0. The minimum Gasteiger partial charge on any atom is -0.497 e. The molecule has 1 aromatic rings. The van der Waals surface area contributed by atoms with E-state index in [-0.39, 0.29) is 6.10 Å². The first-order valence-corrected chi connectivity index (χ1v) is 4.54. The molecule has 2 rings (SSSR count). The van der Waals surface area contributed by atoms with Gasteiger partial charge >= 0.3 is 0 Å². The van der Waals surface area contributed by atoms with Gasteiger partial charge in [-0.15, -0.1) is 0 Å². The molecule has 0 spiro atoms. The van der Waals surface area contributed by atoms with Crippen molar-refractivity contribution in [3.8, 4) is 5.75 Å². The van der Waals surface area contributed by atoms with Gasteiger partial charge in [0.1, 0.15) is 5.75 Å². The van der Waals surface area contributed by atoms with Gasteiger partial charge in [-0.2, -0.15) is 0 Å². The predicted octanol–water partition coefficient (Wildman–Crippen LogP) is 2.33. The lowest BCUT2D eigenvalue weighted by molar-refractivity contribution is 0.105. The van der Waals surface area contributed by atoms with Crippen LogP contribution in [-0.4, -0.2) is 14.2 Å². The van der Waals surface area contributed by atoms with E-state index in [0.29, 0.717) is 0 Å². The van der Waals surface area contributed by atoms with Crippen molar-refractivity contribution in [2.24, 2.45) is 0 Å². The molecule has 0 aliphatic heterocycles. The van der Waals surface area contributed by atoms with Crippen LogP contribution in [0.25, 0.3) is 0 Å². The van der Waals surface area contributed by atoms with Crippen LogP contribution >= 0.6 is 0 Å². The number of ether oxygens (including phenoxy) is 2. The van der Waals surface area contributed by atoms with E-state index in [1.165, 1.54) is 11.1 Å². The maximum atomic E-state index is 5.38. The van der Waals surface area contributed by atoms with Crippen molar-refractivity contribution in [2.75, 3.05) is 14.2 Å². The van der Waals surface area contributed by atoms with Gasteiger partial charge in [0, 0.05) is 7.11 Å². The molecule has 1 aromatic carbocycles. The monoisotopic (exact) mass is 178 g/mol. The maximum Gasteiger partial charge on any atom is 0.119 e. The van der Waals surface area contributed by atoms with Gasteiger partial charge in [-0.25, -0.2) is 0 Å². The first-order valence-electron chi connectivity index (χ1n) is 4.54. The number of benzene rings is 1. The smallest absolute Gasteiger partial charge is 0.119 e. The van der Waals surface area contributed by atoms with E-state index in [9.17, 15) is 0 Å². The minimum atomic E-state index is 0.269. The van der Waals surface area contributed by atoms with Gasteiger partial charge in [0.25, 0.3) is 0 Å². The fourth-order valence-electron chi connectivity index (χ4n) is 1.91. The molecule has 1 unspecified atom stereocenters. The Hall–Kier alpha value is -1.02. The predicted molar refractivity (Wildman–Crippen MR) is 51.1 cm³/mol. The zero-order valence-corrected chi connectivity index (χ0v) is 8.04. The quantitative estimate of drug-likeness (QED) is 0.692. The topological polar surface area (TPSA) is 18.5 Å². The molecule has 1 aliphatic rings. The standard InChI is InChI=1S/C11H14O2/c1-12-9-5-3-8-4-6-11(13-2)10(8)7-9/h3,5,7,11H,4,6H2,1-2H3. The molecule has 2 nitrogen and oxygen atoms in total. The third-order valence-corrected chi connectivity index (χ3v) is 2.66. The number of rotatable bonds is 2. The van der Waals surface area contributed by atoms with Crippen molar-refractivity contribution >= 4 is 0 Å². The van der Waals surface area contributed by atoms with E-state index in [0.717, 1.165) is 18.6 Å². The normalized spacial score (nSPS) is 20.0. The molecule has 0 aromatic heterocycles. The van der Waals surface area contributed by atoms with Gasteiger partial charge < -0.3 is 9.47 Å². The summed E-state index contributed by atoms with van der Waals surface area (Å²) in [5.41, 5.74) is 2.69. The van der Waals surface area contributed by atoms with Crippen molar-refractivity contribution in [1.82, 2.24) is 0 Å². The van der Waals surface area contributed by atoms with Crippen molar-refractivity contribution in [2.45, 2.75) is 18.9 Å². The Bertz CT molecular complexity index is 307. The summed E-state index contributed by atoms with van der Waals surface area (Å²) in [6.45, 7) is 0. The molecule has 0 fully saturated rings. The summed E-state index contributed by atoms with van der Waals surface area (Å²) in [5, 5.41) is 0. The van der Waals surface area contributed by atoms with Crippen LogP contribution < -0.4 is 4.74 Å². The van der Waals surface area contributed by atoms with Crippen LogP contribution in [0.5, 0.6) is 5.75 Å². The van der Waals surface area contributed by atoms with Gasteiger partial charge in [0.05, 0.1) is 13.2 Å². The molecule has 13 heavy (non-hydrogen) atoms. The Morgan fingerprint density at radius 1 is 1.31 bits per heavy atom. The molecule has 0 amide bonds. The highest BCUT2D eigenvalue weighted by Crippen LogP contribution is 2.35. The third kappa shape index (κ3) is 1.42. The molecule has 1 aliphatic carbocycles. The lowest BCUT2D eigenvalue weighted by Gasteiger charge is -2.10. The average Bonchev–Trinajstić information content (AvgIpc) is 2.59. The fraction of sp³-hybridized carbons (Fsp3) is 0.455. The molecular formula is C11H14O2. The molecule has 1 atom stereocenters. The molecule has 0 saturated carbocycles. The Morgan fingerprint density at radius 2 is 2.15 bits per heavy atom. The molecule has 0 radical (unpaired) electrons. The molecule has 0 saturated heterocycles. The lowest BCUT2D eigenvalue weighted by Crippen LogP contribution is -1.95. The second-order valence-corrected chi connectivity index (χ2v) is 3.33. The Kier molecular flexibility index (Phi) is 2.23. The van der Waals surface area contributed by atoms with E-state index in [2.05, 4.69) is 12.1 Å². The van der Waals surface area contributed by atoms with Crippen LogP contribution in [0.1, 0.15) is 23.7 Å². The van der Waals surface area contributed by atoms with Gasteiger partial charge in [0.2, 0.25) is 0 Å². The van der Waals surface area contributed by atoms with E-state index < -0.39 is 0 Å². The summed E-state index contributed by atoms with van der Waals surface area (Å²) in [7, 11) is 3.46. The van der Waals surface area contributed by atoms with Crippen LogP contribution in [0, 0.1) is 0 Å². The summed E-state index contributed by atoms with van der Waals surface area (Å²) >= 11 is 0. The number of methoxy groups -OCH3 is 2. The average molecular weight is 178 g/mol. The summed E-state index contributed by atoms with van der Waals surface area (Å²) in [6.07, 6.45) is 2.49. The SMILES string of the molecule is COc1ccc2c(c1)C(OC)CC2. The Labute approximate surface area is 78.5 Å². The van der Waals surface area contributed by atoms with E-state index >= 15 is 0 Å². The van der Waals surface area contributed by atoms with Crippen LogP contribution in [0.3, 0.4) is 0 Å². The Balaban J connectivity index is 2.37. The largest absolute Gasteiger partial charge is 0.497 e. The van der Waals surface area contributed by atoms with Crippen molar-refractivity contribution in [3.05, 3.63) is 29.3 Å². The summed E-state index contributed by atoms with van der Waals surface area (Å²) in [6, 6.07) is 6.22. The number of hydrogen-bond acceptors (Lipinski definition) is 2. The van der Waals surface area contributed by atoms with Crippen molar-refractivity contribution in [3.63, 3.8) is 0 Å². The van der Waals surface area contributed by atoms with E-state index in [4.69, 9.17) is 9.47 Å². The third-order valence-electron chi connectivity index (χ3n) is 2.66. The zero-order valence-electron chi connectivity index (χ0n) is 8.04. The Morgan fingerprint density at radius 3 is 2.85 bits per heavy atom. The van der Waals surface area contributed by atoms with Gasteiger partial charge in [-0.1, -0.05) is 6.07 Å². The summed E-state index contributed by atoms with van der Waals surface area (Å²) < 4.78 is 10.6. The van der Waals surface area contributed by atoms with Gasteiger partial charge in [-0.05, 0) is 36.1 Å². The minimum absolute atomic E-state index is 0.269. The number of aryl methyl sites for hydroxylation is 1. The van der Waals surface area contributed by atoms with Crippen molar-refractivity contribution < 1.29 is 9.47 Å². The molecule has 0 N–H and O–H groups in total. The second-order valence-electron chi connectivity index (χ2n) is 3.33. The molecule has 2 heteroatoms. The van der Waals surface area contributed by atoms with Crippen LogP contribution in [0.2, 0.25) is 0 Å². The van der Waals surface area contributed by atoms with Gasteiger partial charge in [-0.3, -0.25) is 0 Å². The van der Waals surface area contributed by atoms with Crippen LogP contribution in [0.4, 0.5) is 0 Å². The van der Waals surface area contributed by atoms with Crippen LogP contribution in [0.15, 0.2) is 18.2 Å². The molecular weight excluding hydrogens is 164 g/mol. The molecule has 0 heterocycles. The second kappa shape index (κ2) is 3.38. The van der Waals surface area contributed by atoms with Crippen molar-refractivity contribution in [1.29, 1.82) is 0 Å². The fourth-order valence-corrected chi connectivity index (χ4v) is 1.91. The maximum absolute atomic E-state index is 5.38. The molecule has 0 bridgehead atoms. The summed E-state index contributed by atoms with van der Waals surface area (Å²) in [5.74, 6) is 0.919. The lowest BCUT2D eigenvalue weighted by atomic mass is 10.1. The zero-order chi connectivity index (χ0) is 9.26.